The Hall–Kier alpha value is -1.07. The first-order chi connectivity index (χ1) is 8.38. The number of anilines is 1. The van der Waals surface area contributed by atoms with Crippen LogP contribution in [0.15, 0.2) is 29.8 Å². The fourth-order valence-corrected chi connectivity index (χ4v) is 2.32. The predicted molar refractivity (Wildman–Crippen MR) is 72.0 cm³/mol. The molecule has 1 saturated heterocycles. The van der Waals surface area contributed by atoms with E-state index in [1.807, 2.05) is 18.2 Å². The molecule has 1 aromatic heterocycles. The Morgan fingerprint density at radius 3 is 2.76 bits per heavy atom. The van der Waals surface area contributed by atoms with Gasteiger partial charge in [0.15, 0.2) is 5.82 Å². The third kappa shape index (κ3) is 4.02. The quantitative estimate of drug-likeness (QED) is 0.642. The topological polar surface area (TPSA) is 41.0 Å². The molecule has 0 spiro atoms. The van der Waals surface area contributed by atoms with E-state index in [-0.39, 0.29) is 0 Å². The zero-order valence-corrected chi connectivity index (χ0v) is 10.7. The first-order valence-electron chi connectivity index (χ1n) is 5.97. The number of aromatic nitrogens is 2. The van der Waals surface area contributed by atoms with Crippen LogP contribution in [0.2, 0.25) is 0 Å². The second-order valence-corrected chi connectivity index (χ2v) is 5.06. The van der Waals surface area contributed by atoms with E-state index in [1.54, 1.807) is 11.8 Å². The standard InChI is InChI=1S/C12H18N4S/c1-2-10-17-12-7-6-11(13-14-12)15-16-8-4-3-5-9-16/h2,6-7H,1,3-5,8-10H2,(H,13,15). The van der Waals surface area contributed by atoms with Gasteiger partial charge >= 0.3 is 0 Å². The van der Waals surface area contributed by atoms with Crippen LogP contribution in [-0.4, -0.2) is 34.0 Å². The van der Waals surface area contributed by atoms with Crippen LogP contribution >= 0.6 is 11.8 Å². The highest BCUT2D eigenvalue weighted by Gasteiger charge is 2.10. The normalized spacial score (nSPS) is 16.7. The van der Waals surface area contributed by atoms with Gasteiger partial charge in [-0.2, -0.15) is 0 Å². The molecule has 0 bridgehead atoms. The molecule has 1 aliphatic heterocycles. The van der Waals surface area contributed by atoms with Crippen molar-refractivity contribution in [3.8, 4) is 0 Å². The van der Waals surface area contributed by atoms with Crippen LogP contribution in [-0.2, 0) is 0 Å². The number of hydrogen-bond donors (Lipinski definition) is 1. The highest BCUT2D eigenvalue weighted by atomic mass is 32.2. The Morgan fingerprint density at radius 1 is 1.29 bits per heavy atom. The van der Waals surface area contributed by atoms with Crippen molar-refractivity contribution in [3.05, 3.63) is 24.8 Å². The number of hydrogen-bond acceptors (Lipinski definition) is 5. The van der Waals surface area contributed by atoms with E-state index in [9.17, 15) is 0 Å². The molecular weight excluding hydrogens is 232 g/mol. The maximum atomic E-state index is 4.17. The Labute approximate surface area is 106 Å². The van der Waals surface area contributed by atoms with Crippen molar-refractivity contribution in [2.24, 2.45) is 0 Å². The van der Waals surface area contributed by atoms with E-state index in [0.717, 1.165) is 29.7 Å². The lowest BCUT2D eigenvalue weighted by molar-refractivity contribution is 0.272. The fourth-order valence-electron chi connectivity index (χ4n) is 1.77. The summed E-state index contributed by atoms with van der Waals surface area (Å²) in [6.07, 6.45) is 5.72. The third-order valence-electron chi connectivity index (χ3n) is 2.62. The molecule has 92 valence electrons. The molecule has 0 aliphatic carbocycles. The summed E-state index contributed by atoms with van der Waals surface area (Å²) in [4.78, 5) is 0. The summed E-state index contributed by atoms with van der Waals surface area (Å²) in [6, 6.07) is 3.97. The maximum absolute atomic E-state index is 4.17. The van der Waals surface area contributed by atoms with Gasteiger partial charge in [-0.3, -0.25) is 0 Å². The fraction of sp³-hybridized carbons (Fsp3) is 0.500. The van der Waals surface area contributed by atoms with Crippen LogP contribution in [0.25, 0.3) is 0 Å². The van der Waals surface area contributed by atoms with Crippen molar-refractivity contribution >= 4 is 17.6 Å². The van der Waals surface area contributed by atoms with E-state index in [1.165, 1.54) is 19.3 Å². The van der Waals surface area contributed by atoms with Crippen molar-refractivity contribution in [1.82, 2.24) is 15.2 Å². The summed E-state index contributed by atoms with van der Waals surface area (Å²) in [7, 11) is 0. The summed E-state index contributed by atoms with van der Waals surface area (Å²) in [5.74, 6) is 1.70. The average Bonchev–Trinajstić information content (AvgIpc) is 2.39. The van der Waals surface area contributed by atoms with Gasteiger partial charge in [-0.05, 0) is 25.0 Å². The number of thioether (sulfide) groups is 1. The Kier molecular flexibility index (Phi) is 4.82. The Bertz CT molecular complexity index is 346. The van der Waals surface area contributed by atoms with Gasteiger partial charge in [0.1, 0.15) is 5.03 Å². The first-order valence-corrected chi connectivity index (χ1v) is 6.96. The molecule has 2 heterocycles. The minimum atomic E-state index is 0.829. The third-order valence-corrected chi connectivity index (χ3v) is 3.53. The summed E-state index contributed by atoms with van der Waals surface area (Å²) < 4.78 is 0. The van der Waals surface area contributed by atoms with E-state index < -0.39 is 0 Å². The number of rotatable bonds is 5. The van der Waals surface area contributed by atoms with Crippen LogP contribution < -0.4 is 5.43 Å². The largest absolute Gasteiger partial charge is 0.302 e. The molecule has 17 heavy (non-hydrogen) atoms. The zero-order valence-electron chi connectivity index (χ0n) is 9.93. The SMILES string of the molecule is C=CCSc1ccc(NN2CCCCC2)nn1. The van der Waals surface area contributed by atoms with Gasteiger partial charge in [0, 0.05) is 18.8 Å². The monoisotopic (exact) mass is 250 g/mol. The summed E-state index contributed by atoms with van der Waals surface area (Å²) in [5, 5.41) is 11.5. The van der Waals surface area contributed by atoms with Crippen molar-refractivity contribution < 1.29 is 0 Å². The lowest BCUT2D eigenvalue weighted by Crippen LogP contribution is -2.35. The molecule has 1 aromatic rings. The number of nitrogens with one attached hydrogen (secondary N) is 1. The van der Waals surface area contributed by atoms with Crippen molar-refractivity contribution in [2.75, 3.05) is 24.3 Å². The molecule has 0 radical (unpaired) electrons. The van der Waals surface area contributed by atoms with E-state index in [2.05, 4.69) is 27.2 Å². The summed E-state index contributed by atoms with van der Waals surface area (Å²) >= 11 is 1.64. The Morgan fingerprint density at radius 2 is 2.12 bits per heavy atom. The van der Waals surface area contributed by atoms with Crippen LogP contribution in [0.1, 0.15) is 19.3 Å². The first kappa shape index (κ1) is 12.4. The van der Waals surface area contributed by atoms with Crippen LogP contribution in [0.4, 0.5) is 5.82 Å². The number of nitrogens with zero attached hydrogens (tertiary/aromatic N) is 3. The van der Waals surface area contributed by atoms with Gasteiger partial charge in [0.2, 0.25) is 0 Å². The lowest BCUT2D eigenvalue weighted by Gasteiger charge is -2.26. The van der Waals surface area contributed by atoms with Crippen molar-refractivity contribution in [1.29, 1.82) is 0 Å². The van der Waals surface area contributed by atoms with Gasteiger partial charge in [-0.1, -0.05) is 12.5 Å². The highest BCUT2D eigenvalue weighted by Crippen LogP contribution is 2.16. The smallest absolute Gasteiger partial charge is 0.163 e. The molecule has 0 saturated carbocycles. The van der Waals surface area contributed by atoms with E-state index >= 15 is 0 Å². The average molecular weight is 250 g/mol. The minimum absolute atomic E-state index is 0.829. The molecule has 1 N–H and O–H groups in total. The van der Waals surface area contributed by atoms with Crippen molar-refractivity contribution in [2.45, 2.75) is 24.3 Å². The summed E-state index contributed by atoms with van der Waals surface area (Å²) in [5.41, 5.74) is 3.29. The molecule has 0 atom stereocenters. The maximum Gasteiger partial charge on any atom is 0.163 e. The summed E-state index contributed by atoms with van der Waals surface area (Å²) in [6.45, 7) is 5.87. The number of hydrazine groups is 1. The molecule has 1 aliphatic rings. The van der Waals surface area contributed by atoms with Gasteiger partial charge in [0.25, 0.3) is 0 Å². The molecule has 0 unspecified atom stereocenters. The Balaban J connectivity index is 1.86. The molecular formula is C12H18N4S. The molecule has 4 nitrogen and oxygen atoms in total. The molecule has 0 amide bonds. The second-order valence-electron chi connectivity index (χ2n) is 4.02. The molecule has 5 heteroatoms. The second kappa shape index (κ2) is 6.61. The van der Waals surface area contributed by atoms with E-state index in [0.29, 0.717) is 0 Å². The minimum Gasteiger partial charge on any atom is -0.302 e. The van der Waals surface area contributed by atoms with Crippen LogP contribution in [0.3, 0.4) is 0 Å². The van der Waals surface area contributed by atoms with Gasteiger partial charge in [-0.15, -0.1) is 28.5 Å². The van der Waals surface area contributed by atoms with Crippen LogP contribution in [0.5, 0.6) is 0 Å². The molecule has 0 aromatic carbocycles. The van der Waals surface area contributed by atoms with E-state index in [4.69, 9.17) is 0 Å². The zero-order chi connectivity index (χ0) is 11.9. The van der Waals surface area contributed by atoms with Crippen molar-refractivity contribution in [3.63, 3.8) is 0 Å². The van der Waals surface area contributed by atoms with Crippen LogP contribution in [0, 0.1) is 0 Å². The van der Waals surface area contributed by atoms with Gasteiger partial charge in [-0.25, -0.2) is 5.01 Å². The highest BCUT2D eigenvalue weighted by molar-refractivity contribution is 7.99. The van der Waals surface area contributed by atoms with Gasteiger partial charge in [0.05, 0.1) is 0 Å². The van der Waals surface area contributed by atoms with Gasteiger partial charge < -0.3 is 5.43 Å². The number of piperidine rings is 1. The molecule has 1 fully saturated rings. The molecule has 2 rings (SSSR count). The predicted octanol–water partition coefficient (Wildman–Crippen LogP) is 2.57. The lowest BCUT2D eigenvalue weighted by atomic mass is 10.2.